The fraction of sp³-hybridized carbons (Fsp3) is 0.222. The molecule has 0 spiro atoms. The molecule has 0 heterocycles. The van der Waals surface area contributed by atoms with Crippen molar-refractivity contribution in [2.45, 2.75) is 13.3 Å². The van der Waals surface area contributed by atoms with Gasteiger partial charge in [0.2, 0.25) is 0 Å². The van der Waals surface area contributed by atoms with Crippen molar-refractivity contribution in [3.8, 4) is 5.75 Å². The predicted octanol–water partition coefficient (Wildman–Crippen LogP) is 4.28. The fourth-order valence-electron chi connectivity index (χ4n) is 1.91. The summed E-state index contributed by atoms with van der Waals surface area (Å²) in [6.45, 7) is 2.26. The molecule has 0 aliphatic carbocycles. The summed E-state index contributed by atoms with van der Waals surface area (Å²) in [7, 11) is 1.63. The van der Waals surface area contributed by atoms with Gasteiger partial charge in [0.05, 0.1) is 6.61 Å². The van der Waals surface area contributed by atoms with Crippen molar-refractivity contribution in [1.29, 1.82) is 0 Å². The maximum absolute atomic E-state index is 12.2. The summed E-state index contributed by atoms with van der Waals surface area (Å²) in [6.07, 6.45) is -0.315. The molecule has 0 atom stereocenters. The highest BCUT2D eigenvalue weighted by Gasteiger charge is 2.13. The Labute approximate surface area is 141 Å². The Hall–Kier alpha value is -3.02. The topological polar surface area (TPSA) is 67.9 Å². The van der Waals surface area contributed by atoms with Gasteiger partial charge in [-0.25, -0.2) is 9.59 Å². The van der Waals surface area contributed by atoms with Crippen LogP contribution in [0.2, 0.25) is 0 Å². The zero-order valence-electron chi connectivity index (χ0n) is 13.7. The average Bonchev–Trinajstić information content (AvgIpc) is 2.60. The van der Waals surface area contributed by atoms with Crippen LogP contribution in [0.1, 0.15) is 13.3 Å². The third-order valence-electron chi connectivity index (χ3n) is 3.14. The molecule has 6 heteroatoms. The van der Waals surface area contributed by atoms with E-state index in [1.54, 1.807) is 31.3 Å². The molecule has 2 aromatic carbocycles. The number of amides is 2. The highest BCUT2D eigenvalue weighted by molar-refractivity contribution is 5.89. The second kappa shape index (κ2) is 8.57. The molecule has 0 aromatic heterocycles. The molecule has 2 rings (SSSR count). The van der Waals surface area contributed by atoms with Gasteiger partial charge in [0.25, 0.3) is 0 Å². The second-order valence-electron chi connectivity index (χ2n) is 5.05. The summed E-state index contributed by atoms with van der Waals surface area (Å²) in [4.78, 5) is 25.1. The van der Waals surface area contributed by atoms with Crippen LogP contribution in [0.15, 0.2) is 54.6 Å². The molecule has 24 heavy (non-hydrogen) atoms. The number of hydrogen-bond donors (Lipinski definition) is 1. The Morgan fingerprint density at radius 2 is 1.83 bits per heavy atom. The van der Waals surface area contributed by atoms with E-state index >= 15 is 0 Å². The van der Waals surface area contributed by atoms with Gasteiger partial charge in [-0.05, 0) is 30.7 Å². The zero-order valence-corrected chi connectivity index (χ0v) is 13.7. The molecule has 0 aliphatic heterocycles. The number of para-hydroxylation sites is 1. The van der Waals surface area contributed by atoms with Crippen molar-refractivity contribution in [3.05, 3.63) is 54.6 Å². The molecule has 0 aliphatic rings. The number of rotatable bonds is 5. The standard InChI is InChI=1S/C18H20N2O4/c1-3-12-23-17(21)19-14-8-7-11-16(13-14)24-18(22)20(2)15-9-5-4-6-10-15/h4-11,13H,3,12H2,1-2H3,(H,19,21). The minimum absolute atomic E-state index is 0.330. The summed E-state index contributed by atoms with van der Waals surface area (Å²) in [5.74, 6) is 0.330. The van der Waals surface area contributed by atoms with Crippen LogP contribution in [-0.2, 0) is 4.74 Å². The van der Waals surface area contributed by atoms with Gasteiger partial charge in [-0.15, -0.1) is 0 Å². The number of carbonyl (C=O) groups excluding carboxylic acids is 2. The molecule has 0 bridgehead atoms. The summed E-state index contributed by atoms with van der Waals surface area (Å²) in [5, 5.41) is 2.59. The fourth-order valence-corrected chi connectivity index (χ4v) is 1.91. The number of anilines is 2. The number of nitrogens with one attached hydrogen (secondary N) is 1. The second-order valence-corrected chi connectivity index (χ2v) is 5.05. The highest BCUT2D eigenvalue weighted by Crippen LogP contribution is 2.20. The predicted molar refractivity (Wildman–Crippen MR) is 92.6 cm³/mol. The number of nitrogens with zero attached hydrogens (tertiary/aromatic N) is 1. The molecule has 0 fully saturated rings. The van der Waals surface area contributed by atoms with E-state index in [9.17, 15) is 9.59 Å². The number of carbonyl (C=O) groups is 2. The largest absolute Gasteiger partial charge is 0.449 e. The van der Waals surface area contributed by atoms with Crippen molar-refractivity contribution in [1.82, 2.24) is 0 Å². The maximum atomic E-state index is 12.2. The van der Waals surface area contributed by atoms with Gasteiger partial charge in [-0.3, -0.25) is 10.2 Å². The van der Waals surface area contributed by atoms with Gasteiger partial charge in [0.15, 0.2) is 0 Å². The number of ether oxygens (including phenoxy) is 2. The van der Waals surface area contributed by atoms with E-state index in [1.807, 2.05) is 37.3 Å². The van der Waals surface area contributed by atoms with Crippen LogP contribution in [0.25, 0.3) is 0 Å². The molecule has 126 valence electrons. The van der Waals surface area contributed by atoms with Gasteiger partial charge in [-0.2, -0.15) is 0 Å². The van der Waals surface area contributed by atoms with Crippen LogP contribution in [0.5, 0.6) is 5.75 Å². The van der Waals surface area contributed by atoms with Crippen LogP contribution in [0.4, 0.5) is 21.0 Å². The van der Waals surface area contributed by atoms with Gasteiger partial charge in [0, 0.05) is 24.5 Å². The molecular formula is C18H20N2O4. The summed E-state index contributed by atoms with van der Waals surface area (Å²) in [5.41, 5.74) is 1.21. The first kappa shape index (κ1) is 17.3. The van der Waals surface area contributed by atoms with Crippen LogP contribution in [0, 0.1) is 0 Å². The average molecular weight is 328 g/mol. The minimum atomic E-state index is -0.540. The molecule has 0 saturated heterocycles. The van der Waals surface area contributed by atoms with Gasteiger partial charge in [0.1, 0.15) is 5.75 Å². The lowest BCUT2D eigenvalue weighted by Crippen LogP contribution is -2.29. The van der Waals surface area contributed by atoms with E-state index < -0.39 is 12.2 Å². The molecular weight excluding hydrogens is 308 g/mol. The van der Waals surface area contributed by atoms with Crippen LogP contribution >= 0.6 is 0 Å². The molecule has 6 nitrogen and oxygen atoms in total. The first-order valence-electron chi connectivity index (χ1n) is 7.64. The van der Waals surface area contributed by atoms with Crippen molar-refractivity contribution in [2.24, 2.45) is 0 Å². The molecule has 2 amide bonds. The molecule has 2 aromatic rings. The number of benzene rings is 2. The lowest BCUT2D eigenvalue weighted by atomic mass is 10.3. The van der Waals surface area contributed by atoms with Gasteiger partial charge >= 0.3 is 12.2 Å². The molecule has 1 N–H and O–H groups in total. The third-order valence-corrected chi connectivity index (χ3v) is 3.14. The Morgan fingerprint density at radius 1 is 1.08 bits per heavy atom. The van der Waals surface area contributed by atoms with E-state index in [1.165, 1.54) is 4.90 Å². The molecule has 0 saturated carbocycles. The van der Waals surface area contributed by atoms with E-state index in [2.05, 4.69) is 5.32 Å². The Bertz CT molecular complexity index is 688. The zero-order chi connectivity index (χ0) is 17.4. The summed E-state index contributed by atoms with van der Waals surface area (Å²) < 4.78 is 10.3. The minimum Gasteiger partial charge on any atom is -0.449 e. The quantitative estimate of drug-likeness (QED) is 0.889. The Kier molecular flexibility index (Phi) is 6.19. The van der Waals surface area contributed by atoms with E-state index in [0.29, 0.717) is 18.0 Å². The monoisotopic (exact) mass is 328 g/mol. The first-order valence-corrected chi connectivity index (χ1v) is 7.64. The van der Waals surface area contributed by atoms with Crippen LogP contribution in [0.3, 0.4) is 0 Å². The lowest BCUT2D eigenvalue weighted by molar-refractivity contribution is 0.161. The van der Waals surface area contributed by atoms with Crippen molar-refractivity contribution >= 4 is 23.6 Å². The third kappa shape index (κ3) is 5.01. The van der Waals surface area contributed by atoms with Crippen LogP contribution in [-0.4, -0.2) is 25.8 Å². The van der Waals surface area contributed by atoms with Gasteiger partial charge in [-0.1, -0.05) is 31.2 Å². The Morgan fingerprint density at radius 3 is 2.54 bits per heavy atom. The highest BCUT2D eigenvalue weighted by atomic mass is 16.6. The first-order chi connectivity index (χ1) is 11.6. The van der Waals surface area contributed by atoms with E-state index in [4.69, 9.17) is 9.47 Å². The van der Waals surface area contributed by atoms with Crippen LogP contribution < -0.4 is 15.0 Å². The number of hydrogen-bond acceptors (Lipinski definition) is 4. The van der Waals surface area contributed by atoms with Crippen molar-refractivity contribution in [2.75, 3.05) is 23.9 Å². The lowest BCUT2D eigenvalue weighted by Gasteiger charge is -2.17. The van der Waals surface area contributed by atoms with E-state index in [-0.39, 0.29) is 0 Å². The van der Waals surface area contributed by atoms with Gasteiger partial charge < -0.3 is 9.47 Å². The molecule has 0 unspecified atom stereocenters. The van der Waals surface area contributed by atoms with Crippen molar-refractivity contribution in [3.63, 3.8) is 0 Å². The summed E-state index contributed by atoms with van der Waals surface area (Å²) in [6, 6.07) is 15.7. The van der Waals surface area contributed by atoms with E-state index in [0.717, 1.165) is 12.1 Å². The van der Waals surface area contributed by atoms with Crippen molar-refractivity contribution < 1.29 is 19.1 Å². The SMILES string of the molecule is CCCOC(=O)Nc1cccc(OC(=O)N(C)c2ccccc2)c1. The normalized spacial score (nSPS) is 9.92. The summed E-state index contributed by atoms with van der Waals surface area (Å²) >= 11 is 0. The maximum Gasteiger partial charge on any atom is 0.419 e. The Balaban J connectivity index is 1.98. The smallest absolute Gasteiger partial charge is 0.419 e. The molecule has 0 radical (unpaired) electrons.